The van der Waals surface area contributed by atoms with E-state index in [2.05, 4.69) is 193 Å². The maximum Gasteiger partial charge on any atom is 0.212 e. The summed E-state index contributed by atoms with van der Waals surface area (Å²) < 4.78 is 4.49. The Morgan fingerprint density at radius 2 is 0.919 bits per heavy atom. The van der Waals surface area contributed by atoms with Crippen molar-refractivity contribution in [1.29, 1.82) is 5.26 Å². The molecule has 0 N–H and O–H groups in total. The molecule has 0 fully saturated rings. The Morgan fingerprint density at radius 3 is 1.42 bits per heavy atom. The molecule has 2 aliphatic carbocycles. The fraction of sp³-hybridized carbons (Fsp3) is 0.103. The Morgan fingerprint density at radius 1 is 0.452 bits per heavy atom. The zero-order chi connectivity index (χ0) is 41.8. The van der Waals surface area contributed by atoms with Crippen molar-refractivity contribution in [1.82, 2.24) is 9.13 Å². The molecular formula is C58H38N4. The Hall–Kier alpha value is -7.92. The van der Waals surface area contributed by atoms with Crippen LogP contribution in [0.25, 0.3) is 104 Å². The molecule has 0 atom stereocenters. The quantitative estimate of drug-likeness (QED) is 0.161. The Balaban J connectivity index is 1.14. The molecule has 0 saturated heterocycles. The molecule has 0 amide bonds. The largest absolute Gasteiger partial charge is 0.319 e. The molecule has 290 valence electrons. The van der Waals surface area contributed by atoms with Gasteiger partial charge in [0.25, 0.3) is 0 Å². The fourth-order valence-corrected chi connectivity index (χ4v) is 11.6. The van der Waals surface area contributed by atoms with Crippen LogP contribution in [0.5, 0.6) is 0 Å². The molecule has 2 heterocycles. The van der Waals surface area contributed by atoms with E-state index in [9.17, 15) is 5.26 Å². The maximum absolute atomic E-state index is 11.3. The SMILES string of the molecule is [C-]#[N+]c1cc(-n2c3cc4c(cc3c3c5ccccc5ccc32)C(C)(C)c2ccccc2-4)c(C#N)cc1-n1c2cc3c(cc2c2c4ccccc4ccc21)C(C)(C)c1ccccc1-3. The molecule has 9 aromatic carbocycles. The van der Waals surface area contributed by atoms with Crippen LogP contribution in [0.15, 0.2) is 158 Å². The molecular weight excluding hydrogens is 753 g/mol. The van der Waals surface area contributed by atoms with E-state index in [-0.39, 0.29) is 10.8 Å². The van der Waals surface area contributed by atoms with Crippen molar-refractivity contribution >= 4 is 70.8 Å². The van der Waals surface area contributed by atoms with Gasteiger partial charge in [0.05, 0.1) is 45.6 Å². The number of hydrogen-bond acceptors (Lipinski definition) is 1. The molecule has 11 aromatic rings. The second-order valence-electron chi connectivity index (χ2n) is 18.3. The lowest BCUT2D eigenvalue weighted by Crippen LogP contribution is -2.14. The van der Waals surface area contributed by atoms with E-state index in [1.165, 1.54) is 49.9 Å². The minimum Gasteiger partial charge on any atom is -0.319 e. The summed E-state index contributed by atoms with van der Waals surface area (Å²) in [6, 6.07) is 59.4. The number of hydrogen-bond donors (Lipinski definition) is 0. The third kappa shape index (κ3) is 4.28. The first-order valence-corrected chi connectivity index (χ1v) is 21.4. The highest BCUT2D eigenvalue weighted by molar-refractivity contribution is 6.24. The fourth-order valence-electron chi connectivity index (χ4n) is 11.6. The highest BCUT2D eigenvalue weighted by Crippen LogP contribution is 2.54. The van der Waals surface area contributed by atoms with Gasteiger partial charge in [0, 0.05) is 32.4 Å². The number of benzene rings is 9. The molecule has 4 nitrogen and oxygen atoms in total. The third-order valence-electron chi connectivity index (χ3n) is 14.5. The smallest absolute Gasteiger partial charge is 0.212 e. The standard InChI is InChI=1S/C58H38N4/c1-57(2)44-20-12-10-18-38(44)40-29-52-42(27-46(40)57)55-36-16-8-6-14-33(36)22-24-49(55)61(52)51-31-48(60-5)54(26-35(51)32-59)62-50-25-23-34-15-7-9-17-37(34)56(50)43-28-47-41(30-53(43)62)39-19-11-13-21-45(39)58(47,3)4/h6-31H,1-4H3. The predicted molar refractivity (Wildman–Crippen MR) is 256 cm³/mol. The summed E-state index contributed by atoms with van der Waals surface area (Å²) in [6.07, 6.45) is 0. The van der Waals surface area contributed by atoms with E-state index in [0.717, 1.165) is 59.8 Å². The lowest BCUT2D eigenvalue weighted by molar-refractivity contribution is 0.661. The summed E-state index contributed by atoms with van der Waals surface area (Å²) >= 11 is 0. The number of aromatic nitrogens is 2. The van der Waals surface area contributed by atoms with Crippen LogP contribution in [0.1, 0.15) is 55.5 Å². The van der Waals surface area contributed by atoms with Gasteiger partial charge in [-0.05, 0) is 115 Å². The van der Waals surface area contributed by atoms with Crippen molar-refractivity contribution in [2.75, 3.05) is 0 Å². The van der Waals surface area contributed by atoms with Crippen molar-refractivity contribution in [3.63, 3.8) is 0 Å². The highest BCUT2D eigenvalue weighted by atomic mass is 15.0. The monoisotopic (exact) mass is 790 g/mol. The number of nitriles is 1. The van der Waals surface area contributed by atoms with E-state index in [1.807, 2.05) is 12.1 Å². The number of rotatable bonds is 2. The van der Waals surface area contributed by atoms with Crippen molar-refractivity contribution in [2.24, 2.45) is 0 Å². The highest BCUT2D eigenvalue weighted by Gasteiger charge is 2.38. The zero-order valence-corrected chi connectivity index (χ0v) is 34.8. The summed E-state index contributed by atoms with van der Waals surface area (Å²) in [5.41, 5.74) is 16.2. The van der Waals surface area contributed by atoms with Crippen LogP contribution in [-0.4, -0.2) is 9.13 Å². The topological polar surface area (TPSA) is 38.0 Å². The molecule has 2 aromatic heterocycles. The van der Waals surface area contributed by atoms with Crippen molar-refractivity contribution in [2.45, 2.75) is 38.5 Å². The lowest BCUT2D eigenvalue weighted by atomic mass is 9.82. The van der Waals surface area contributed by atoms with Gasteiger partial charge in [-0.25, -0.2) is 4.85 Å². The van der Waals surface area contributed by atoms with Gasteiger partial charge < -0.3 is 9.13 Å². The molecule has 0 saturated carbocycles. The van der Waals surface area contributed by atoms with Gasteiger partial charge in [-0.2, -0.15) is 5.26 Å². The molecule has 0 radical (unpaired) electrons. The van der Waals surface area contributed by atoms with Gasteiger partial charge in [0.1, 0.15) is 6.07 Å². The van der Waals surface area contributed by atoms with Gasteiger partial charge >= 0.3 is 0 Å². The van der Waals surface area contributed by atoms with Crippen molar-refractivity contribution in [3.8, 4) is 39.7 Å². The van der Waals surface area contributed by atoms with Gasteiger partial charge in [-0.1, -0.05) is 137 Å². The Kier molecular flexibility index (Phi) is 6.69. The molecule has 0 bridgehead atoms. The van der Waals surface area contributed by atoms with Crippen LogP contribution < -0.4 is 0 Å². The van der Waals surface area contributed by atoms with E-state index in [0.29, 0.717) is 22.6 Å². The molecule has 0 aliphatic heterocycles. The second kappa shape index (κ2) is 11.9. The van der Waals surface area contributed by atoms with Gasteiger partial charge in [0.15, 0.2) is 0 Å². The van der Waals surface area contributed by atoms with Crippen LogP contribution in [0.4, 0.5) is 5.69 Å². The average Bonchev–Trinajstić information content (AvgIpc) is 3.96. The summed E-state index contributed by atoms with van der Waals surface area (Å²) in [7, 11) is 0. The predicted octanol–water partition coefficient (Wildman–Crippen LogP) is 15.2. The van der Waals surface area contributed by atoms with Gasteiger partial charge in [-0.3, -0.25) is 0 Å². The normalized spacial score (nSPS) is 14.4. The second-order valence-corrected chi connectivity index (χ2v) is 18.3. The summed E-state index contributed by atoms with van der Waals surface area (Å²) in [6.45, 7) is 18.1. The van der Waals surface area contributed by atoms with E-state index >= 15 is 0 Å². The molecule has 2 aliphatic rings. The molecule has 62 heavy (non-hydrogen) atoms. The Labute approximate surface area is 358 Å². The molecule has 13 rings (SSSR count). The van der Waals surface area contributed by atoms with Gasteiger partial charge in [-0.15, -0.1) is 0 Å². The Bertz CT molecular complexity index is 3690. The van der Waals surface area contributed by atoms with Crippen LogP contribution in [0.2, 0.25) is 0 Å². The minimum atomic E-state index is -0.179. The van der Waals surface area contributed by atoms with Crippen molar-refractivity contribution < 1.29 is 0 Å². The maximum atomic E-state index is 11.3. The average molecular weight is 791 g/mol. The first-order chi connectivity index (χ1) is 30.2. The number of nitrogens with zero attached hydrogens (tertiary/aromatic N) is 4. The van der Waals surface area contributed by atoms with Gasteiger partial charge in [0.2, 0.25) is 5.69 Å². The summed E-state index contributed by atoms with van der Waals surface area (Å²) in [5, 5.41) is 20.5. The summed E-state index contributed by atoms with van der Waals surface area (Å²) in [4.78, 5) is 4.30. The molecule has 4 heteroatoms. The number of fused-ring (bicyclic) bond motifs is 16. The van der Waals surface area contributed by atoms with E-state index in [1.54, 1.807) is 0 Å². The molecule has 0 spiro atoms. The lowest BCUT2D eigenvalue weighted by Gasteiger charge is -2.21. The zero-order valence-electron chi connectivity index (χ0n) is 34.8. The first kappa shape index (κ1) is 34.9. The minimum absolute atomic E-state index is 0.179. The van der Waals surface area contributed by atoms with E-state index in [4.69, 9.17) is 6.57 Å². The van der Waals surface area contributed by atoms with Crippen LogP contribution in [0, 0.1) is 17.9 Å². The summed E-state index contributed by atoms with van der Waals surface area (Å²) in [5.74, 6) is 0. The third-order valence-corrected chi connectivity index (χ3v) is 14.5. The van der Waals surface area contributed by atoms with Crippen LogP contribution >= 0.6 is 0 Å². The van der Waals surface area contributed by atoms with Crippen LogP contribution in [-0.2, 0) is 10.8 Å². The van der Waals surface area contributed by atoms with Crippen molar-refractivity contribution in [3.05, 3.63) is 197 Å². The van der Waals surface area contributed by atoms with Crippen LogP contribution in [0.3, 0.4) is 0 Å². The molecule has 0 unspecified atom stereocenters. The first-order valence-electron chi connectivity index (χ1n) is 21.4. The van der Waals surface area contributed by atoms with E-state index < -0.39 is 0 Å².